The molecule has 0 bridgehead atoms. The predicted octanol–water partition coefficient (Wildman–Crippen LogP) is 1.46. The molecule has 3 nitrogen and oxygen atoms in total. The standard InChI is InChI=1S/C11H16O3/c1-10(12)9-13-7-8-14-11-5-3-2-4-6-11/h2-6,10,12H,7-9H2,1H3/t10-/m1/s1. The van der Waals surface area contributed by atoms with Gasteiger partial charge in [0.2, 0.25) is 0 Å². The van der Waals surface area contributed by atoms with Crippen LogP contribution in [0.3, 0.4) is 0 Å². The molecule has 0 aliphatic carbocycles. The quantitative estimate of drug-likeness (QED) is 0.700. The van der Waals surface area contributed by atoms with Crippen LogP contribution in [0, 0.1) is 0 Å². The van der Waals surface area contributed by atoms with E-state index < -0.39 is 6.10 Å². The highest BCUT2D eigenvalue weighted by molar-refractivity contribution is 5.20. The molecule has 3 heteroatoms. The summed E-state index contributed by atoms with van der Waals surface area (Å²) >= 11 is 0. The summed E-state index contributed by atoms with van der Waals surface area (Å²) < 4.78 is 10.5. The van der Waals surface area contributed by atoms with E-state index in [4.69, 9.17) is 14.6 Å². The number of aliphatic hydroxyl groups is 1. The van der Waals surface area contributed by atoms with Gasteiger partial charge in [0, 0.05) is 0 Å². The molecule has 78 valence electrons. The second-order valence-electron chi connectivity index (χ2n) is 3.09. The maximum Gasteiger partial charge on any atom is 0.119 e. The van der Waals surface area contributed by atoms with Gasteiger partial charge < -0.3 is 14.6 Å². The number of benzene rings is 1. The Morgan fingerprint density at radius 3 is 2.57 bits per heavy atom. The fourth-order valence-electron chi connectivity index (χ4n) is 0.989. The first-order chi connectivity index (χ1) is 6.79. The Labute approximate surface area is 84.3 Å². The van der Waals surface area contributed by atoms with E-state index >= 15 is 0 Å². The summed E-state index contributed by atoms with van der Waals surface area (Å²) in [5.74, 6) is 0.841. The van der Waals surface area contributed by atoms with Crippen molar-refractivity contribution < 1.29 is 14.6 Å². The molecule has 1 aromatic carbocycles. The highest BCUT2D eigenvalue weighted by atomic mass is 16.5. The third-order valence-corrected chi connectivity index (χ3v) is 1.60. The van der Waals surface area contributed by atoms with Crippen LogP contribution >= 0.6 is 0 Å². The van der Waals surface area contributed by atoms with Gasteiger partial charge in [-0.1, -0.05) is 18.2 Å². The lowest BCUT2D eigenvalue weighted by molar-refractivity contribution is 0.0329. The summed E-state index contributed by atoms with van der Waals surface area (Å²) in [5, 5.41) is 8.90. The number of ether oxygens (including phenoxy) is 2. The summed E-state index contributed by atoms with van der Waals surface area (Å²) in [6, 6.07) is 9.58. The van der Waals surface area contributed by atoms with Gasteiger partial charge in [-0.05, 0) is 19.1 Å². The van der Waals surface area contributed by atoms with Gasteiger partial charge in [0.1, 0.15) is 12.4 Å². The molecule has 1 aromatic rings. The monoisotopic (exact) mass is 196 g/mol. The minimum atomic E-state index is -0.410. The summed E-state index contributed by atoms with van der Waals surface area (Å²) in [6.45, 7) is 3.06. The number of rotatable bonds is 6. The number of hydrogen-bond donors (Lipinski definition) is 1. The first-order valence-electron chi connectivity index (χ1n) is 4.72. The first-order valence-corrected chi connectivity index (χ1v) is 4.72. The summed E-state index contributed by atoms with van der Waals surface area (Å²) in [5.41, 5.74) is 0. The fraction of sp³-hybridized carbons (Fsp3) is 0.455. The largest absolute Gasteiger partial charge is 0.491 e. The van der Waals surface area contributed by atoms with Gasteiger partial charge in [-0.25, -0.2) is 0 Å². The zero-order valence-corrected chi connectivity index (χ0v) is 8.35. The topological polar surface area (TPSA) is 38.7 Å². The number of hydrogen-bond acceptors (Lipinski definition) is 3. The summed E-state index contributed by atoms with van der Waals surface area (Å²) in [6.07, 6.45) is -0.410. The van der Waals surface area contributed by atoms with Crippen molar-refractivity contribution in [2.24, 2.45) is 0 Å². The van der Waals surface area contributed by atoms with Crippen LogP contribution in [0.2, 0.25) is 0 Å². The molecule has 0 saturated heterocycles. The normalized spacial score (nSPS) is 12.4. The lowest BCUT2D eigenvalue weighted by Gasteiger charge is -2.07. The molecule has 0 aliphatic heterocycles. The van der Waals surface area contributed by atoms with Crippen molar-refractivity contribution in [1.29, 1.82) is 0 Å². The highest BCUT2D eigenvalue weighted by Crippen LogP contribution is 2.07. The van der Waals surface area contributed by atoms with E-state index in [9.17, 15) is 0 Å². The minimum absolute atomic E-state index is 0.359. The van der Waals surface area contributed by atoms with Crippen LogP contribution in [-0.2, 0) is 4.74 Å². The summed E-state index contributed by atoms with van der Waals surface area (Å²) in [7, 11) is 0. The van der Waals surface area contributed by atoms with Gasteiger partial charge in [0.15, 0.2) is 0 Å². The van der Waals surface area contributed by atoms with Crippen LogP contribution in [0.4, 0.5) is 0 Å². The zero-order chi connectivity index (χ0) is 10.2. The van der Waals surface area contributed by atoms with E-state index in [0.29, 0.717) is 19.8 Å². The molecule has 0 aliphatic rings. The molecule has 0 radical (unpaired) electrons. The van der Waals surface area contributed by atoms with E-state index in [-0.39, 0.29) is 0 Å². The first kappa shape index (κ1) is 11.0. The Hall–Kier alpha value is -1.06. The van der Waals surface area contributed by atoms with Gasteiger partial charge in [-0.3, -0.25) is 0 Å². The summed E-state index contributed by atoms with van der Waals surface area (Å²) in [4.78, 5) is 0. The smallest absolute Gasteiger partial charge is 0.119 e. The fourth-order valence-corrected chi connectivity index (χ4v) is 0.989. The SMILES string of the molecule is C[C@@H](O)COCCOc1ccccc1. The number of para-hydroxylation sites is 1. The molecule has 0 amide bonds. The zero-order valence-electron chi connectivity index (χ0n) is 8.35. The second-order valence-corrected chi connectivity index (χ2v) is 3.09. The molecule has 14 heavy (non-hydrogen) atoms. The van der Waals surface area contributed by atoms with Crippen LogP contribution in [0.25, 0.3) is 0 Å². The average Bonchev–Trinajstić information content (AvgIpc) is 2.18. The van der Waals surface area contributed by atoms with Crippen LogP contribution in [-0.4, -0.2) is 31.0 Å². The third kappa shape index (κ3) is 4.84. The molecule has 1 rings (SSSR count). The van der Waals surface area contributed by atoms with Crippen LogP contribution < -0.4 is 4.74 Å². The van der Waals surface area contributed by atoms with E-state index in [0.717, 1.165) is 5.75 Å². The Kier molecular flexibility index (Phi) is 5.04. The van der Waals surface area contributed by atoms with Gasteiger partial charge >= 0.3 is 0 Å². The molecular formula is C11H16O3. The Morgan fingerprint density at radius 1 is 1.21 bits per heavy atom. The highest BCUT2D eigenvalue weighted by Gasteiger charge is 1.95. The molecule has 0 fully saturated rings. The molecule has 0 heterocycles. The van der Waals surface area contributed by atoms with Crippen molar-refractivity contribution in [1.82, 2.24) is 0 Å². The molecule has 1 atom stereocenters. The Balaban J connectivity index is 2.05. The van der Waals surface area contributed by atoms with Crippen LogP contribution in [0.1, 0.15) is 6.92 Å². The molecule has 0 saturated carbocycles. The van der Waals surface area contributed by atoms with E-state index in [1.54, 1.807) is 6.92 Å². The van der Waals surface area contributed by atoms with Crippen molar-refractivity contribution in [3.05, 3.63) is 30.3 Å². The molecule has 1 N–H and O–H groups in total. The number of aliphatic hydroxyl groups excluding tert-OH is 1. The van der Waals surface area contributed by atoms with Crippen molar-refractivity contribution >= 4 is 0 Å². The Bertz CT molecular complexity index is 234. The molecule has 0 spiro atoms. The minimum Gasteiger partial charge on any atom is -0.491 e. The maximum atomic E-state index is 8.90. The van der Waals surface area contributed by atoms with Crippen molar-refractivity contribution in [2.45, 2.75) is 13.0 Å². The van der Waals surface area contributed by atoms with Gasteiger partial charge in [0.25, 0.3) is 0 Å². The maximum absolute atomic E-state index is 8.90. The second kappa shape index (κ2) is 6.40. The Morgan fingerprint density at radius 2 is 1.93 bits per heavy atom. The van der Waals surface area contributed by atoms with E-state index in [1.165, 1.54) is 0 Å². The van der Waals surface area contributed by atoms with Crippen LogP contribution in [0.15, 0.2) is 30.3 Å². The van der Waals surface area contributed by atoms with Crippen molar-refractivity contribution in [2.75, 3.05) is 19.8 Å². The van der Waals surface area contributed by atoms with Gasteiger partial charge in [-0.2, -0.15) is 0 Å². The predicted molar refractivity (Wildman–Crippen MR) is 54.4 cm³/mol. The van der Waals surface area contributed by atoms with Gasteiger partial charge in [0.05, 0.1) is 19.3 Å². The van der Waals surface area contributed by atoms with Crippen molar-refractivity contribution in [3.8, 4) is 5.75 Å². The van der Waals surface area contributed by atoms with Crippen molar-refractivity contribution in [3.63, 3.8) is 0 Å². The third-order valence-electron chi connectivity index (χ3n) is 1.60. The van der Waals surface area contributed by atoms with E-state index in [1.807, 2.05) is 30.3 Å². The molecular weight excluding hydrogens is 180 g/mol. The van der Waals surface area contributed by atoms with Gasteiger partial charge in [-0.15, -0.1) is 0 Å². The lowest BCUT2D eigenvalue weighted by Crippen LogP contribution is -2.14. The lowest BCUT2D eigenvalue weighted by atomic mass is 10.3. The molecule has 0 unspecified atom stereocenters. The van der Waals surface area contributed by atoms with E-state index in [2.05, 4.69) is 0 Å². The van der Waals surface area contributed by atoms with Crippen LogP contribution in [0.5, 0.6) is 5.75 Å². The average molecular weight is 196 g/mol. The molecule has 0 aromatic heterocycles.